The van der Waals surface area contributed by atoms with Crippen molar-refractivity contribution < 1.29 is 9.90 Å². The predicted molar refractivity (Wildman–Crippen MR) is 31.1 cm³/mol. The average Bonchev–Trinajstić information content (AvgIpc) is 1.65. The standard InChI is InChI=1S/C3H6O.CH4N2O/c1-2-3-4;2-1(3)4/h2,4H,1,3H2;(H4,2,3,4). The van der Waals surface area contributed by atoms with Crippen LogP contribution in [-0.2, 0) is 0 Å². The highest BCUT2D eigenvalue weighted by Crippen LogP contribution is 1.46. The monoisotopic (exact) mass is 118 g/mol. The number of aliphatic hydroxyl groups is 1. The minimum absolute atomic E-state index is 0.0833. The number of nitrogens with two attached hydrogens (primary N) is 2. The molecule has 0 aliphatic heterocycles. The quantitative estimate of drug-likeness (QED) is 0.393. The maximum Gasteiger partial charge on any atom is 0.309 e. The molecule has 0 aromatic carbocycles. The topological polar surface area (TPSA) is 89.3 Å². The second kappa shape index (κ2) is 9.36. The lowest BCUT2D eigenvalue weighted by Crippen LogP contribution is -2.18. The number of carbonyl (C=O) groups excluding carboxylic acids is 1. The van der Waals surface area contributed by atoms with Gasteiger partial charge in [-0.3, -0.25) is 0 Å². The summed E-state index contributed by atoms with van der Waals surface area (Å²) in [6.45, 7) is 3.31. The van der Waals surface area contributed by atoms with Gasteiger partial charge < -0.3 is 16.6 Å². The van der Waals surface area contributed by atoms with Crippen molar-refractivity contribution >= 4 is 6.03 Å². The van der Waals surface area contributed by atoms with E-state index < -0.39 is 6.03 Å². The average molecular weight is 118 g/mol. The maximum atomic E-state index is 9.00. The zero-order valence-corrected chi connectivity index (χ0v) is 4.50. The number of carbonyl (C=O) groups is 1. The van der Waals surface area contributed by atoms with Gasteiger partial charge >= 0.3 is 6.03 Å². The van der Waals surface area contributed by atoms with Crippen molar-refractivity contribution in [1.29, 1.82) is 0 Å². The van der Waals surface area contributed by atoms with E-state index in [-0.39, 0.29) is 6.61 Å². The van der Waals surface area contributed by atoms with Crippen LogP contribution in [0.25, 0.3) is 0 Å². The second-order valence-electron chi connectivity index (χ2n) is 0.874. The van der Waals surface area contributed by atoms with E-state index in [4.69, 9.17) is 9.90 Å². The molecule has 0 radical (unpaired) electrons. The summed E-state index contributed by atoms with van der Waals surface area (Å²) < 4.78 is 0. The SMILES string of the molecule is C=CCO.NC(N)=O. The molecule has 0 saturated heterocycles. The Bertz CT molecular complexity index is 68.4. The van der Waals surface area contributed by atoms with Gasteiger partial charge in [-0.25, -0.2) is 4.79 Å². The summed E-state index contributed by atoms with van der Waals surface area (Å²) in [7, 11) is 0. The van der Waals surface area contributed by atoms with Crippen LogP contribution in [0.5, 0.6) is 0 Å². The van der Waals surface area contributed by atoms with Crippen molar-refractivity contribution in [2.24, 2.45) is 11.5 Å². The van der Waals surface area contributed by atoms with Crippen molar-refractivity contribution in [2.75, 3.05) is 6.61 Å². The van der Waals surface area contributed by atoms with Crippen molar-refractivity contribution in [1.82, 2.24) is 0 Å². The number of amides is 2. The van der Waals surface area contributed by atoms with Gasteiger partial charge in [0.1, 0.15) is 0 Å². The fourth-order valence-corrected chi connectivity index (χ4v) is 0. The van der Waals surface area contributed by atoms with Crippen LogP contribution < -0.4 is 11.5 Å². The van der Waals surface area contributed by atoms with Crippen molar-refractivity contribution in [2.45, 2.75) is 0 Å². The number of primary amides is 2. The smallest absolute Gasteiger partial charge is 0.309 e. The second-order valence-corrected chi connectivity index (χ2v) is 0.874. The van der Waals surface area contributed by atoms with E-state index in [0.29, 0.717) is 0 Å². The predicted octanol–water partition coefficient (Wildman–Crippen LogP) is -0.812. The molecule has 0 saturated carbocycles. The minimum Gasteiger partial charge on any atom is -0.392 e. The first-order valence-electron chi connectivity index (χ1n) is 1.91. The molecular formula is C4H10N2O2. The van der Waals surface area contributed by atoms with Crippen LogP contribution in [0, 0.1) is 0 Å². The van der Waals surface area contributed by atoms with E-state index in [1.807, 2.05) is 0 Å². The Labute approximate surface area is 47.8 Å². The summed E-state index contributed by atoms with van der Waals surface area (Å²) in [5.41, 5.74) is 8.50. The highest BCUT2D eigenvalue weighted by atomic mass is 16.2. The molecule has 0 bridgehead atoms. The van der Waals surface area contributed by atoms with E-state index in [0.717, 1.165) is 0 Å². The number of urea groups is 1. The lowest BCUT2D eigenvalue weighted by molar-refractivity contribution is 0.256. The van der Waals surface area contributed by atoms with Gasteiger partial charge in [0.15, 0.2) is 0 Å². The summed E-state index contributed by atoms with van der Waals surface area (Å²) >= 11 is 0. The summed E-state index contributed by atoms with van der Waals surface area (Å²) in [4.78, 5) is 9.00. The Morgan fingerprint density at radius 3 is 1.88 bits per heavy atom. The third-order valence-corrected chi connectivity index (χ3v) is 0.129. The molecule has 5 N–H and O–H groups in total. The van der Waals surface area contributed by atoms with Crippen LogP contribution in [0.3, 0.4) is 0 Å². The van der Waals surface area contributed by atoms with Gasteiger partial charge in [-0.05, 0) is 0 Å². The van der Waals surface area contributed by atoms with Gasteiger partial charge in [0.2, 0.25) is 0 Å². The Hall–Kier alpha value is -1.03. The molecule has 0 fully saturated rings. The molecule has 48 valence electrons. The van der Waals surface area contributed by atoms with E-state index in [2.05, 4.69) is 18.0 Å². The first-order chi connectivity index (χ1) is 3.65. The first kappa shape index (κ1) is 10.1. The van der Waals surface area contributed by atoms with Crippen molar-refractivity contribution in [3.05, 3.63) is 12.7 Å². The molecule has 0 aromatic rings. The van der Waals surface area contributed by atoms with Crippen LogP contribution in [0.1, 0.15) is 0 Å². The molecular weight excluding hydrogens is 108 g/mol. The molecule has 0 aliphatic rings. The fraction of sp³-hybridized carbons (Fsp3) is 0.250. The Kier molecular flexibility index (Phi) is 11.8. The van der Waals surface area contributed by atoms with Gasteiger partial charge in [0, 0.05) is 0 Å². The molecule has 0 spiro atoms. The van der Waals surface area contributed by atoms with Crippen LogP contribution in [0.4, 0.5) is 4.79 Å². The number of hydrogen-bond acceptors (Lipinski definition) is 2. The number of aliphatic hydroxyl groups excluding tert-OH is 1. The van der Waals surface area contributed by atoms with Crippen molar-refractivity contribution in [3.8, 4) is 0 Å². The molecule has 4 heteroatoms. The summed E-state index contributed by atoms with van der Waals surface area (Å²) in [6.07, 6.45) is 1.43. The zero-order chi connectivity index (χ0) is 6.99. The molecule has 0 heterocycles. The molecule has 0 unspecified atom stereocenters. The van der Waals surface area contributed by atoms with Crippen LogP contribution >= 0.6 is 0 Å². The largest absolute Gasteiger partial charge is 0.392 e. The minimum atomic E-state index is -0.833. The lowest BCUT2D eigenvalue weighted by atomic mass is 10.7. The molecule has 0 aliphatic carbocycles. The van der Waals surface area contributed by atoms with E-state index in [1.165, 1.54) is 6.08 Å². The van der Waals surface area contributed by atoms with E-state index in [1.54, 1.807) is 0 Å². The maximum absolute atomic E-state index is 9.00. The molecule has 8 heavy (non-hydrogen) atoms. The van der Waals surface area contributed by atoms with Gasteiger partial charge in [0.05, 0.1) is 6.61 Å². The normalized spacial score (nSPS) is 6.12. The summed E-state index contributed by atoms with van der Waals surface area (Å²) in [5, 5.41) is 7.76. The van der Waals surface area contributed by atoms with Crippen LogP contribution in [0.15, 0.2) is 12.7 Å². The van der Waals surface area contributed by atoms with Crippen molar-refractivity contribution in [3.63, 3.8) is 0 Å². The van der Waals surface area contributed by atoms with Gasteiger partial charge in [0.25, 0.3) is 0 Å². The van der Waals surface area contributed by atoms with Gasteiger partial charge in [-0.2, -0.15) is 0 Å². The molecule has 2 amide bonds. The Morgan fingerprint density at radius 2 is 1.88 bits per heavy atom. The molecule has 0 rings (SSSR count). The third kappa shape index (κ3) is 87000. The van der Waals surface area contributed by atoms with Crippen LogP contribution in [0.2, 0.25) is 0 Å². The van der Waals surface area contributed by atoms with Gasteiger partial charge in [-0.1, -0.05) is 6.08 Å². The lowest BCUT2D eigenvalue weighted by Gasteiger charge is -1.62. The molecule has 4 nitrogen and oxygen atoms in total. The molecule has 0 aromatic heterocycles. The summed E-state index contributed by atoms with van der Waals surface area (Å²) in [5.74, 6) is 0. The highest BCUT2D eigenvalue weighted by Gasteiger charge is 1.60. The Balaban J connectivity index is 0. The zero-order valence-electron chi connectivity index (χ0n) is 4.50. The summed E-state index contributed by atoms with van der Waals surface area (Å²) in [6, 6.07) is -0.833. The molecule has 0 atom stereocenters. The van der Waals surface area contributed by atoms with E-state index >= 15 is 0 Å². The highest BCUT2D eigenvalue weighted by molar-refractivity contribution is 5.69. The number of hydrogen-bond donors (Lipinski definition) is 3. The van der Waals surface area contributed by atoms with E-state index in [9.17, 15) is 0 Å². The van der Waals surface area contributed by atoms with Crippen LogP contribution in [-0.4, -0.2) is 17.7 Å². The number of rotatable bonds is 1. The third-order valence-electron chi connectivity index (χ3n) is 0.129. The van der Waals surface area contributed by atoms with Gasteiger partial charge in [-0.15, -0.1) is 6.58 Å². The first-order valence-corrected chi connectivity index (χ1v) is 1.91. The Morgan fingerprint density at radius 1 is 1.75 bits per heavy atom. The fourth-order valence-electron chi connectivity index (χ4n) is 0.